The number of carboxylic acids is 1. The first-order chi connectivity index (χ1) is 52.6. The van der Waals surface area contributed by atoms with Crippen LogP contribution in [0, 0.1) is 23.2 Å². The second-order valence-electron chi connectivity index (χ2n) is 30.4. The van der Waals surface area contributed by atoms with Crippen LogP contribution in [-0.2, 0) is 94.3 Å². The number of Topliss-reactive ketones (excluding diaryl/α,β-unsaturated/α-hetero) is 5. The molecule has 112 heavy (non-hydrogen) atoms. The van der Waals surface area contributed by atoms with Crippen LogP contribution >= 0.6 is 0 Å². The number of H-pyrrole nitrogens is 1. The van der Waals surface area contributed by atoms with Crippen molar-refractivity contribution in [3.8, 4) is 5.75 Å². The van der Waals surface area contributed by atoms with E-state index in [-0.39, 0.29) is 75.5 Å². The van der Waals surface area contributed by atoms with Gasteiger partial charge in [-0.05, 0) is 148 Å². The third-order valence-corrected chi connectivity index (χ3v) is 19.7. The number of hydrogen-bond acceptors (Lipinski definition) is 20. The van der Waals surface area contributed by atoms with Crippen molar-refractivity contribution in [2.75, 3.05) is 13.1 Å². The predicted molar refractivity (Wildman–Crippen MR) is 414 cm³/mol. The Balaban J connectivity index is 1.71. The highest BCUT2D eigenvalue weighted by atomic mass is 16.4. The lowest BCUT2D eigenvalue weighted by Crippen LogP contribution is -2.62. The Morgan fingerprint density at radius 1 is 0.589 bits per heavy atom. The number of para-hydroxylation sites is 1. The molecule has 18 N–H and O–H groups in total. The normalized spacial score (nSPS) is 23.4. The van der Waals surface area contributed by atoms with Gasteiger partial charge in [-0.1, -0.05) is 89.4 Å². The lowest BCUT2D eigenvalue weighted by Gasteiger charge is -2.33. The van der Waals surface area contributed by atoms with Gasteiger partial charge in [0.1, 0.15) is 53.3 Å². The van der Waals surface area contributed by atoms with Gasteiger partial charge in [-0.25, -0.2) is 0 Å². The molecule has 0 fully saturated rings. The summed E-state index contributed by atoms with van der Waals surface area (Å²) in [4.78, 5) is 236. The molecule has 33 nitrogen and oxygen atoms in total. The summed E-state index contributed by atoms with van der Waals surface area (Å²) >= 11 is 0. The summed E-state index contributed by atoms with van der Waals surface area (Å²) in [6, 6.07) is -1.59. The number of rotatable bonds is 29. The van der Waals surface area contributed by atoms with E-state index in [0.29, 0.717) is 67.0 Å². The van der Waals surface area contributed by atoms with Crippen LogP contribution in [0.1, 0.15) is 191 Å². The molecule has 0 aliphatic carbocycles. The molecule has 2 heterocycles. The molecule has 1 aliphatic heterocycles. The topological polar surface area (TPSA) is 531 Å². The van der Waals surface area contributed by atoms with Crippen molar-refractivity contribution in [3.05, 3.63) is 78.0 Å². The highest BCUT2D eigenvalue weighted by Crippen LogP contribution is 2.31. The monoisotopic (exact) mass is 1560 g/mol. The van der Waals surface area contributed by atoms with Crippen molar-refractivity contribution in [2.24, 2.45) is 34.6 Å². The van der Waals surface area contributed by atoms with Gasteiger partial charge >= 0.3 is 5.97 Å². The number of benzene rings is 2. The number of primary amides is 2. The molecule has 0 saturated heterocycles. The van der Waals surface area contributed by atoms with Crippen molar-refractivity contribution in [1.82, 2.24) is 63.5 Å². The summed E-state index contributed by atoms with van der Waals surface area (Å²) in [6.45, 7) is 17.0. The summed E-state index contributed by atoms with van der Waals surface area (Å²) in [5.74, 6) is -17.1. The van der Waals surface area contributed by atoms with E-state index in [1.54, 1.807) is 37.4 Å². The molecule has 0 saturated carbocycles. The number of carboxylic acid groups (broad SMARTS) is 1. The Morgan fingerprint density at radius 2 is 1.13 bits per heavy atom. The van der Waals surface area contributed by atoms with E-state index in [1.165, 1.54) is 86.6 Å². The van der Waals surface area contributed by atoms with Crippen LogP contribution in [0.25, 0.3) is 10.9 Å². The number of ketones is 5. The summed E-state index contributed by atoms with van der Waals surface area (Å²) in [5.41, 5.74) is 9.25. The summed E-state index contributed by atoms with van der Waals surface area (Å²) in [6.07, 6.45) is 6.82. The number of aliphatic carboxylic acids is 1. The first-order valence-electron chi connectivity index (χ1n) is 38.2. The zero-order valence-corrected chi connectivity index (χ0v) is 66.3. The number of phenolic OH excluding ortho intramolecular Hbond substituents is 1. The van der Waals surface area contributed by atoms with Gasteiger partial charge in [0.2, 0.25) is 88.1 Å². The van der Waals surface area contributed by atoms with Crippen LogP contribution in [0.3, 0.4) is 0 Å². The zero-order chi connectivity index (χ0) is 83.9. The van der Waals surface area contributed by atoms with Crippen LogP contribution in [0.4, 0.5) is 0 Å². The van der Waals surface area contributed by atoms with Crippen molar-refractivity contribution in [2.45, 2.75) is 258 Å². The Morgan fingerprint density at radius 3 is 1.72 bits per heavy atom. The number of carbonyl (C=O) groups excluding carboxylic acids is 16. The molecule has 1 aliphatic rings. The average Bonchev–Trinajstić information content (AvgIpc) is 1.18. The average molecular weight is 1570 g/mol. The smallest absolute Gasteiger partial charge is 0.303 e. The van der Waals surface area contributed by atoms with E-state index in [1.807, 2.05) is 26.0 Å². The van der Waals surface area contributed by atoms with Gasteiger partial charge in [0.15, 0.2) is 0 Å². The second-order valence-corrected chi connectivity index (χ2v) is 30.4. The summed E-state index contributed by atoms with van der Waals surface area (Å²) < 4.78 is 0. The molecule has 3 aromatic rings. The standard InChI is InChI=1S/C79H116N14O19/c1-43(2)36-54-42-84-58(30-32-62(80)96)67(102)66(101)48(7)86-74(109)61(38-53-41-83-57-25-21-20-24-56(53)57)91-75(110)60(37-52-26-28-55(95)29-27-52)90-73(108)59(31-33-63(97)98)92-76(111)78(11,39-45(4)94)34-22-18-16-14-13-15-17-19-23-35-79(12,93-72(54)107)77(112)89-51(10)71(106)88-50(9)70(105)87-49(8)69(104)85-47(6)65(100)64(99)46(5)82-40-44(3)68(81)103/h15,17,20-21,24-29,41,43-44,46-51,54,58-61,82-84,95H,13-14,16,18-19,22-23,30-40,42H2,1-12H3,(H2,80,96)(H2,81,103)(H,85,104)(H,86,109)(H,87,105)(H,88,106)(H,89,112)(H,90,108)(H,91,110)(H,92,111)(H,93,107)(H,97,98)/b17-15+/t44-,46-,47-,48-,49?,50-,51?,54+,58-,59-,60?,61-,78-,79-/m0/s1. The van der Waals surface area contributed by atoms with Gasteiger partial charge in [-0.3, -0.25) is 81.5 Å². The summed E-state index contributed by atoms with van der Waals surface area (Å²) in [7, 11) is 0. The minimum absolute atomic E-state index is 0.0155. The molecule has 0 bridgehead atoms. The van der Waals surface area contributed by atoms with Crippen LogP contribution in [0.2, 0.25) is 0 Å². The van der Waals surface area contributed by atoms with Crippen molar-refractivity contribution < 1.29 is 91.7 Å². The van der Waals surface area contributed by atoms with E-state index in [9.17, 15) is 91.7 Å². The van der Waals surface area contributed by atoms with E-state index < -0.39 is 197 Å². The number of fused-ring (bicyclic) bond motifs is 1. The molecule has 3 unspecified atom stereocenters. The highest BCUT2D eigenvalue weighted by Gasteiger charge is 2.42. The molecule has 33 heteroatoms. The number of allylic oxidation sites excluding steroid dienone is 2. The predicted octanol–water partition coefficient (Wildman–Crippen LogP) is 1.70. The maximum Gasteiger partial charge on any atom is 0.303 e. The molecule has 0 spiro atoms. The number of phenols is 1. The molecule has 2 aromatic carbocycles. The van der Waals surface area contributed by atoms with Crippen molar-refractivity contribution >= 4 is 111 Å². The van der Waals surface area contributed by atoms with Crippen molar-refractivity contribution in [3.63, 3.8) is 0 Å². The number of nitrogens with one attached hydrogen (secondary N) is 12. The number of aromatic hydroxyl groups is 1. The molecule has 4 rings (SSSR count). The summed E-state index contributed by atoms with van der Waals surface area (Å²) in [5, 5.41) is 49.9. The third kappa shape index (κ3) is 30.6. The first-order valence-corrected chi connectivity index (χ1v) is 38.2. The van der Waals surface area contributed by atoms with Crippen LogP contribution < -0.4 is 70.0 Å². The molecule has 616 valence electrons. The number of aromatic amines is 1. The lowest BCUT2D eigenvalue weighted by molar-refractivity contribution is -0.140. The van der Waals surface area contributed by atoms with E-state index in [4.69, 9.17) is 11.5 Å². The Hall–Kier alpha value is -10.6. The zero-order valence-electron chi connectivity index (χ0n) is 66.3. The van der Waals surface area contributed by atoms with Gasteiger partial charge < -0.3 is 85.1 Å². The van der Waals surface area contributed by atoms with Gasteiger partial charge in [-0.15, -0.1) is 0 Å². The fourth-order valence-corrected chi connectivity index (χ4v) is 12.7. The molecule has 1 aromatic heterocycles. The number of amides is 11. The number of carbonyl (C=O) groups is 17. The lowest BCUT2D eigenvalue weighted by atomic mass is 9.79. The van der Waals surface area contributed by atoms with Crippen LogP contribution in [-0.4, -0.2) is 194 Å². The largest absolute Gasteiger partial charge is 0.508 e. The number of aromatic nitrogens is 1. The maximum atomic E-state index is 15.0. The molecule has 11 amide bonds. The second kappa shape index (κ2) is 45.1. The van der Waals surface area contributed by atoms with Gasteiger partial charge in [0.05, 0.1) is 35.5 Å². The molecular formula is C79H116N14O19. The van der Waals surface area contributed by atoms with Crippen molar-refractivity contribution in [1.29, 1.82) is 0 Å². The van der Waals surface area contributed by atoms with E-state index in [2.05, 4.69) is 63.5 Å². The number of hydrogen-bond donors (Lipinski definition) is 16. The maximum absolute atomic E-state index is 15.0. The van der Waals surface area contributed by atoms with Gasteiger partial charge in [-0.2, -0.15) is 0 Å². The molecule has 0 radical (unpaired) electrons. The Kier molecular flexibility index (Phi) is 37.7. The molecule has 14 atom stereocenters. The number of nitrogens with two attached hydrogens (primary N) is 2. The van der Waals surface area contributed by atoms with E-state index >= 15 is 0 Å². The highest BCUT2D eigenvalue weighted by molar-refractivity contribution is 6.41. The van der Waals surface area contributed by atoms with Crippen LogP contribution in [0.5, 0.6) is 5.75 Å². The van der Waals surface area contributed by atoms with Gasteiger partial charge in [0, 0.05) is 68.2 Å². The fourth-order valence-electron chi connectivity index (χ4n) is 12.7. The Bertz CT molecular complexity index is 3900. The van der Waals surface area contributed by atoms with Crippen LogP contribution in [0.15, 0.2) is 66.9 Å². The quantitative estimate of drug-likeness (QED) is 0.0347. The minimum atomic E-state index is -1.78. The molecular weight excluding hydrogens is 1450 g/mol. The minimum Gasteiger partial charge on any atom is -0.508 e. The van der Waals surface area contributed by atoms with E-state index in [0.717, 1.165) is 0 Å². The van der Waals surface area contributed by atoms with Gasteiger partial charge in [0.25, 0.3) is 0 Å². The third-order valence-electron chi connectivity index (χ3n) is 19.7. The fraction of sp³-hybridized carbons (Fsp3) is 0.582. The Labute approximate surface area is 652 Å². The first kappa shape index (κ1) is 93.8. The SMILES string of the molecule is CC(=O)C[C@]1(C)CCCCCC/C=C/CCC[C@@](C)(C(=O)NC(C)C(=O)N[C@@H](C)C(=O)NC(C)C(=O)N[C@@H](C)C(=O)C(=O)[C@H](C)NC[C@H](C)C(N)=O)NC(=O)[C@H](CC(C)C)CN[C@@H](CCC(N)=O)C(=O)C(=O)[C@H](C)NC(=O)[C@H](Cc2c[nH]c3ccccc23)NC(=O)C(Cc2ccc(O)cc2)NC(=O)[C@H](CCC(=O)O)NC1=O.